The maximum Gasteiger partial charge on any atom is 0.326 e. The third kappa shape index (κ3) is 1.38. The van der Waals surface area contributed by atoms with Gasteiger partial charge in [-0.1, -0.05) is 11.8 Å². The topological polar surface area (TPSA) is 40.5 Å². The summed E-state index contributed by atoms with van der Waals surface area (Å²) < 4.78 is 0. The summed E-state index contributed by atoms with van der Waals surface area (Å²) in [5.74, 6) is -0.730. The normalized spacial score (nSPS) is 25.4. The first-order chi connectivity index (χ1) is 6.29. The molecular formula is C10H11NO2. The zero-order valence-corrected chi connectivity index (χ0v) is 7.23. The van der Waals surface area contributed by atoms with E-state index in [9.17, 15) is 4.79 Å². The number of nitrogens with zero attached hydrogens (tertiary/aromatic N) is 1. The van der Waals surface area contributed by atoms with Gasteiger partial charge in [0.1, 0.15) is 6.04 Å². The van der Waals surface area contributed by atoms with Gasteiger partial charge in [-0.05, 0) is 25.0 Å². The fraction of sp³-hybridized carbons (Fsp3) is 0.400. The molecule has 0 saturated carbocycles. The van der Waals surface area contributed by atoms with Gasteiger partial charge in [0.2, 0.25) is 0 Å². The molecular weight excluding hydrogens is 166 g/mol. The fourth-order valence-corrected chi connectivity index (χ4v) is 1.81. The van der Waals surface area contributed by atoms with Gasteiger partial charge in [-0.2, -0.15) is 0 Å². The first-order valence-electron chi connectivity index (χ1n) is 4.42. The summed E-state index contributed by atoms with van der Waals surface area (Å²) in [4.78, 5) is 12.8. The Bertz CT molecular complexity index is 324. The number of hydrogen-bond donors (Lipinski definition) is 1. The Morgan fingerprint density at radius 2 is 2.54 bits per heavy atom. The molecule has 2 rings (SSSR count). The van der Waals surface area contributed by atoms with Crippen LogP contribution in [0.5, 0.6) is 0 Å². The summed E-state index contributed by atoms with van der Waals surface area (Å²) in [5, 5.41) is 8.93. The molecule has 1 aliphatic carbocycles. The molecule has 3 nitrogen and oxygen atoms in total. The molecule has 0 aromatic rings. The Morgan fingerprint density at radius 3 is 3.15 bits per heavy atom. The minimum atomic E-state index is -0.730. The zero-order valence-electron chi connectivity index (χ0n) is 7.23. The van der Waals surface area contributed by atoms with Crippen molar-refractivity contribution in [3.8, 4) is 0 Å². The van der Waals surface area contributed by atoms with Crippen LogP contribution in [-0.2, 0) is 4.79 Å². The lowest BCUT2D eigenvalue weighted by atomic mass is 10.2. The van der Waals surface area contributed by atoms with Crippen LogP contribution in [0, 0.1) is 0 Å². The second-order valence-electron chi connectivity index (χ2n) is 3.25. The molecule has 2 aliphatic rings. The summed E-state index contributed by atoms with van der Waals surface area (Å²) >= 11 is 0. The van der Waals surface area contributed by atoms with E-state index in [1.165, 1.54) is 0 Å². The van der Waals surface area contributed by atoms with Crippen LogP contribution in [0.4, 0.5) is 0 Å². The van der Waals surface area contributed by atoms with Crippen molar-refractivity contribution in [2.24, 2.45) is 0 Å². The van der Waals surface area contributed by atoms with Crippen LogP contribution < -0.4 is 0 Å². The van der Waals surface area contributed by atoms with Gasteiger partial charge in [-0.25, -0.2) is 4.79 Å². The molecule has 0 radical (unpaired) electrons. The average Bonchev–Trinajstić information content (AvgIpc) is 2.74. The van der Waals surface area contributed by atoms with Crippen LogP contribution in [0.1, 0.15) is 12.8 Å². The Labute approximate surface area is 76.7 Å². The predicted molar refractivity (Wildman–Crippen MR) is 48.1 cm³/mol. The Hall–Kier alpha value is -1.47. The van der Waals surface area contributed by atoms with Crippen molar-refractivity contribution < 1.29 is 9.90 Å². The number of allylic oxidation sites excluding steroid dienone is 2. The number of rotatable bonds is 2. The van der Waals surface area contributed by atoms with E-state index in [4.69, 9.17) is 5.11 Å². The van der Waals surface area contributed by atoms with Crippen molar-refractivity contribution in [3.05, 3.63) is 29.7 Å². The van der Waals surface area contributed by atoms with Gasteiger partial charge in [0, 0.05) is 6.54 Å². The SMILES string of the molecule is O=C(O)C1CCCN1C1=C=CC=C1. The molecule has 0 spiro atoms. The van der Waals surface area contributed by atoms with Crippen molar-refractivity contribution in [3.63, 3.8) is 0 Å². The minimum Gasteiger partial charge on any atom is -0.480 e. The third-order valence-electron chi connectivity index (χ3n) is 2.43. The summed E-state index contributed by atoms with van der Waals surface area (Å²) in [6.07, 6.45) is 7.30. The number of carboxylic acids is 1. The van der Waals surface area contributed by atoms with E-state index in [0.29, 0.717) is 0 Å². The molecule has 1 N–H and O–H groups in total. The largest absolute Gasteiger partial charge is 0.480 e. The van der Waals surface area contributed by atoms with Gasteiger partial charge in [-0.15, -0.1) is 0 Å². The molecule has 1 fully saturated rings. The van der Waals surface area contributed by atoms with Crippen LogP contribution >= 0.6 is 0 Å². The van der Waals surface area contributed by atoms with E-state index in [2.05, 4.69) is 5.73 Å². The van der Waals surface area contributed by atoms with Crippen molar-refractivity contribution in [1.29, 1.82) is 0 Å². The summed E-state index contributed by atoms with van der Waals surface area (Å²) in [6.45, 7) is 0.831. The van der Waals surface area contributed by atoms with Gasteiger partial charge in [0.25, 0.3) is 0 Å². The first-order valence-corrected chi connectivity index (χ1v) is 4.42. The summed E-state index contributed by atoms with van der Waals surface area (Å²) in [6, 6.07) is -0.348. The van der Waals surface area contributed by atoms with E-state index in [-0.39, 0.29) is 6.04 Å². The Balaban J connectivity index is 2.19. The van der Waals surface area contributed by atoms with Crippen molar-refractivity contribution in [2.75, 3.05) is 6.54 Å². The van der Waals surface area contributed by atoms with Crippen molar-refractivity contribution >= 4 is 5.97 Å². The minimum absolute atomic E-state index is 0.348. The molecule has 1 saturated heterocycles. The van der Waals surface area contributed by atoms with Gasteiger partial charge in [0.05, 0.1) is 5.70 Å². The lowest BCUT2D eigenvalue weighted by molar-refractivity contribution is -0.141. The smallest absolute Gasteiger partial charge is 0.326 e. The molecule has 1 aliphatic heterocycles. The number of carboxylic acid groups (broad SMARTS) is 1. The second kappa shape index (κ2) is 3.11. The van der Waals surface area contributed by atoms with Crippen LogP contribution in [0.15, 0.2) is 29.7 Å². The molecule has 13 heavy (non-hydrogen) atoms. The quantitative estimate of drug-likeness (QED) is 0.643. The van der Waals surface area contributed by atoms with Gasteiger partial charge in [-0.3, -0.25) is 0 Å². The lowest BCUT2D eigenvalue weighted by Gasteiger charge is -2.22. The number of likely N-dealkylation sites (tertiary alicyclic amines) is 1. The average molecular weight is 177 g/mol. The summed E-state index contributed by atoms with van der Waals surface area (Å²) in [5.41, 5.74) is 3.93. The molecule has 1 heterocycles. The third-order valence-corrected chi connectivity index (χ3v) is 2.43. The van der Waals surface area contributed by atoms with Crippen molar-refractivity contribution in [1.82, 2.24) is 4.90 Å². The second-order valence-corrected chi connectivity index (χ2v) is 3.25. The van der Waals surface area contributed by atoms with E-state index in [1.54, 1.807) is 0 Å². The summed E-state index contributed by atoms with van der Waals surface area (Å²) in [7, 11) is 0. The predicted octanol–water partition coefficient (Wildman–Crippen LogP) is 1.14. The van der Waals surface area contributed by atoms with Gasteiger partial charge in [0.15, 0.2) is 0 Å². The van der Waals surface area contributed by atoms with E-state index in [0.717, 1.165) is 25.1 Å². The van der Waals surface area contributed by atoms with Crippen LogP contribution in [0.25, 0.3) is 0 Å². The number of hydrogen-bond acceptors (Lipinski definition) is 2. The Kier molecular flexibility index (Phi) is 1.95. The molecule has 0 aromatic heterocycles. The van der Waals surface area contributed by atoms with E-state index >= 15 is 0 Å². The zero-order chi connectivity index (χ0) is 9.26. The van der Waals surface area contributed by atoms with E-state index < -0.39 is 5.97 Å². The highest BCUT2D eigenvalue weighted by atomic mass is 16.4. The fourth-order valence-electron chi connectivity index (χ4n) is 1.81. The molecule has 0 bridgehead atoms. The molecule has 0 aromatic carbocycles. The number of aliphatic carboxylic acids is 1. The molecule has 0 amide bonds. The maximum atomic E-state index is 10.9. The van der Waals surface area contributed by atoms with Gasteiger partial charge < -0.3 is 10.0 Å². The molecule has 68 valence electrons. The lowest BCUT2D eigenvalue weighted by Crippen LogP contribution is -2.34. The molecule has 3 heteroatoms. The maximum absolute atomic E-state index is 10.9. The highest BCUT2D eigenvalue weighted by molar-refractivity contribution is 5.74. The first kappa shape index (κ1) is 8.14. The molecule has 1 atom stereocenters. The van der Waals surface area contributed by atoms with Crippen LogP contribution in [0.2, 0.25) is 0 Å². The highest BCUT2D eigenvalue weighted by Gasteiger charge is 2.31. The highest BCUT2D eigenvalue weighted by Crippen LogP contribution is 2.23. The van der Waals surface area contributed by atoms with Crippen LogP contribution in [0.3, 0.4) is 0 Å². The number of carbonyl (C=O) groups is 1. The van der Waals surface area contributed by atoms with E-state index in [1.807, 2.05) is 23.1 Å². The van der Waals surface area contributed by atoms with Gasteiger partial charge >= 0.3 is 5.97 Å². The van der Waals surface area contributed by atoms with Crippen molar-refractivity contribution in [2.45, 2.75) is 18.9 Å². The Morgan fingerprint density at radius 1 is 1.69 bits per heavy atom. The standard InChI is InChI=1S/C10H11NO2/c12-10(13)9-6-3-7-11(9)8-4-1-2-5-8/h1-2,4,9H,3,6-7H2,(H,12,13). The monoisotopic (exact) mass is 177 g/mol. The molecule has 1 unspecified atom stereocenters. The van der Waals surface area contributed by atoms with Crippen LogP contribution in [-0.4, -0.2) is 28.6 Å².